The molecule has 130 valence electrons. The van der Waals surface area contributed by atoms with Gasteiger partial charge in [0.25, 0.3) is 0 Å². The molecular formula is C24H16FNS. The number of halogens is 1. The molecule has 0 aliphatic carbocycles. The molecule has 0 saturated carbocycles. The predicted octanol–water partition coefficient (Wildman–Crippen LogP) is 7.23. The number of fused-ring (bicyclic) bond motifs is 3. The van der Waals surface area contributed by atoms with Crippen LogP contribution in [-0.4, -0.2) is 4.98 Å². The standard InChI is InChI=1S/C24H16FNS/c1-15-14-26-22(13-20(15)16-6-3-2-4-7-16)19-9-5-8-18-21-12-17(25)10-11-23(21)27-24(18)19/h2-14H,1H3/i1D3. The summed E-state index contributed by atoms with van der Waals surface area (Å²) >= 11 is 1.59. The number of hydrogen-bond acceptors (Lipinski definition) is 2. The molecule has 3 heteroatoms. The number of rotatable bonds is 2. The van der Waals surface area contributed by atoms with E-state index in [1.807, 2.05) is 54.6 Å². The van der Waals surface area contributed by atoms with Gasteiger partial charge in [0.15, 0.2) is 0 Å². The van der Waals surface area contributed by atoms with E-state index in [2.05, 4.69) is 4.98 Å². The molecule has 0 spiro atoms. The maximum Gasteiger partial charge on any atom is 0.123 e. The van der Waals surface area contributed by atoms with Crippen LogP contribution in [0.1, 0.15) is 9.68 Å². The van der Waals surface area contributed by atoms with Gasteiger partial charge >= 0.3 is 0 Å². The van der Waals surface area contributed by atoms with Crippen molar-refractivity contribution in [1.29, 1.82) is 0 Å². The average Bonchev–Trinajstić information content (AvgIpc) is 3.11. The lowest BCUT2D eigenvalue weighted by Crippen LogP contribution is -1.89. The topological polar surface area (TPSA) is 12.9 Å². The molecule has 27 heavy (non-hydrogen) atoms. The number of aryl methyl sites for hydroxylation is 1. The van der Waals surface area contributed by atoms with E-state index in [-0.39, 0.29) is 11.4 Å². The van der Waals surface area contributed by atoms with Crippen LogP contribution in [0.4, 0.5) is 4.39 Å². The zero-order valence-corrected chi connectivity index (χ0v) is 15.1. The molecule has 0 unspecified atom stereocenters. The fraction of sp³-hybridized carbons (Fsp3) is 0.0417. The lowest BCUT2D eigenvalue weighted by Gasteiger charge is -2.09. The molecule has 0 aliphatic heterocycles. The Bertz CT molecular complexity index is 1390. The van der Waals surface area contributed by atoms with E-state index in [9.17, 15) is 4.39 Å². The maximum atomic E-state index is 13.8. The smallest absolute Gasteiger partial charge is 0.123 e. The van der Waals surface area contributed by atoms with Crippen LogP contribution in [-0.2, 0) is 0 Å². The number of pyridine rings is 1. The number of thiophene rings is 1. The van der Waals surface area contributed by atoms with Gasteiger partial charge in [-0.3, -0.25) is 4.98 Å². The summed E-state index contributed by atoms with van der Waals surface area (Å²) in [7, 11) is 0. The zero-order valence-electron chi connectivity index (χ0n) is 17.2. The highest BCUT2D eigenvalue weighted by molar-refractivity contribution is 7.26. The molecule has 2 heterocycles. The van der Waals surface area contributed by atoms with Crippen molar-refractivity contribution in [2.24, 2.45) is 0 Å². The normalized spacial score (nSPS) is 13.4. The van der Waals surface area contributed by atoms with Crippen molar-refractivity contribution < 1.29 is 8.50 Å². The van der Waals surface area contributed by atoms with Gasteiger partial charge in [-0.15, -0.1) is 11.3 Å². The van der Waals surface area contributed by atoms with Gasteiger partial charge in [-0.2, -0.15) is 0 Å². The zero-order chi connectivity index (χ0) is 20.9. The van der Waals surface area contributed by atoms with Gasteiger partial charge in [-0.25, -0.2) is 4.39 Å². The van der Waals surface area contributed by atoms with E-state index in [0.717, 1.165) is 31.3 Å². The molecule has 5 rings (SSSR count). The van der Waals surface area contributed by atoms with Crippen LogP contribution in [0.5, 0.6) is 0 Å². The monoisotopic (exact) mass is 372 g/mol. The van der Waals surface area contributed by atoms with Gasteiger partial charge in [0.2, 0.25) is 0 Å². The van der Waals surface area contributed by atoms with Crippen LogP contribution >= 0.6 is 11.3 Å². The Morgan fingerprint density at radius 3 is 2.63 bits per heavy atom. The number of nitrogens with zero attached hydrogens (tertiary/aromatic N) is 1. The Kier molecular flexibility index (Phi) is 3.07. The van der Waals surface area contributed by atoms with Crippen molar-refractivity contribution in [2.75, 3.05) is 0 Å². The van der Waals surface area contributed by atoms with Gasteiger partial charge in [-0.05, 0) is 47.8 Å². The van der Waals surface area contributed by atoms with Crippen molar-refractivity contribution in [2.45, 2.75) is 6.85 Å². The van der Waals surface area contributed by atoms with E-state index < -0.39 is 6.85 Å². The first kappa shape index (κ1) is 13.2. The Balaban J connectivity index is 1.77. The molecule has 0 radical (unpaired) electrons. The minimum Gasteiger partial charge on any atom is -0.256 e. The summed E-state index contributed by atoms with van der Waals surface area (Å²) < 4.78 is 39.6. The second-order valence-corrected chi connectivity index (χ2v) is 7.46. The van der Waals surface area contributed by atoms with Crippen LogP contribution in [0.15, 0.2) is 79.0 Å². The second-order valence-electron chi connectivity index (χ2n) is 6.41. The number of hydrogen-bond donors (Lipinski definition) is 0. The van der Waals surface area contributed by atoms with E-state index in [1.54, 1.807) is 23.5 Å². The fourth-order valence-corrected chi connectivity index (χ4v) is 4.64. The van der Waals surface area contributed by atoms with Crippen LogP contribution in [0.3, 0.4) is 0 Å². The minimum absolute atomic E-state index is 0.225. The third-order valence-electron chi connectivity index (χ3n) is 4.72. The first-order chi connectivity index (χ1) is 14.4. The third-order valence-corrected chi connectivity index (χ3v) is 5.94. The van der Waals surface area contributed by atoms with Crippen LogP contribution in [0, 0.1) is 12.7 Å². The highest BCUT2D eigenvalue weighted by atomic mass is 32.1. The van der Waals surface area contributed by atoms with Gasteiger partial charge in [0.05, 0.1) is 5.69 Å². The largest absolute Gasteiger partial charge is 0.256 e. The Hall–Kier alpha value is -3.04. The summed E-state index contributed by atoms with van der Waals surface area (Å²) in [6.07, 6.45) is 1.45. The van der Waals surface area contributed by atoms with Gasteiger partial charge in [0.1, 0.15) is 5.82 Å². The summed E-state index contributed by atoms with van der Waals surface area (Å²) in [5.41, 5.74) is 3.30. The van der Waals surface area contributed by atoms with Gasteiger partial charge in [0, 0.05) is 36.0 Å². The van der Waals surface area contributed by atoms with Gasteiger partial charge in [-0.1, -0.05) is 48.5 Å². The summed E-state index contributed by atoms with van der Waals surface area (Å²) in [6, 6.07) is 22.0. The van der Waals surface area contributed by atoms with Crippen molar-refractivity contribution in [3.05, 3.63) is 90.4 Å². The summed E-state index contributed by atoms with van der Waals surface area (Å²) in [5, 5.41) is 1.84. The second kappa shape index (κ2) is 6.29. The molecule has 3 aromatic carbocycles. The summed E-state index contributed by atoms with van der Waals surface area (Å²) in [6.45, 7) is -2.27. The predicted molar refractivity (Wildman–Crippen MR) is 113 cm³/mol. The average molecular weight is 372 g/mol. The Morgan fingerprint density at radius 1 is 0.889 bits per heavy atom. The molecule has 0 fully saturated rings. The Morgan fingerprint density at radius 2 is 1.78 bits per heavy atom. The van der Waals surface area contributed by atoms with Crippen molar-refractivity contribution in [1.82, 2.24) is 4.98 Å². The van der Waals surface area contributed by atoms with E-state index in [4.69, 9.17) is 4.11 Å². The molecule has 0 amide bonds. The number of benzene rings is 3. The van der Waals surface area contributed by atoms with E-state index >= 15 is 0 Å². The Labute approximate surface area is 165 Å². The SMILES string of the molecule is [2H]C([2H])([2H])c1cnc(-c2cccc3c2sc2ccc(F)cc23)cc1-c1ccccc1. The fourth-order valence-electron chi connectivity index (χ4n) is 3.43. The molecular weight excluding hydrogens is 353 g/mol. The van der Waals surface area contributed by atoms with Crippen LogP contribution in [0.25, 0.3) is 42.6 Å². The third kappa shape index (κ3) is 2.71. The van der Waals surface area contributed by atoms with Gasteiger partial charge < -0.3 is 0 Å². The first-order valence-electron chi connectivity index (χ1n) is 10.1. The molecule has 0 atom stereocenters. The lowest BCUT2D eigenvalue weighted by molar-refractivity contribution is 0.630. The van der Waals surface area contributed by atoms with E-state index in [0.29, 0.717) is 11.3 Å². The van der Waals surface area contributed by atoms with Crippen molar-refractivity contribution in [3.8, 4) is 22.4 Å². The maximum absolute atomic E-state index is 13.8. The first-order valence-corrected chi connectivity index (χ1v) is 9.40. The molecule has 0 aliphatic rings. The molecule has 2 aromatic heterocycles. The summed E-state index contributed by atoms with van der Waals surface area (Å²) in [5.74, 6) is -0.265. The molecule has 0 bridgehead atoms. The van der Waals surface area contributed by atoms with Crippen LogP contribution < -0.4 is 0 Å². The van der Waals surface area contributed by atoms with E-state index in [1.165, 1.54) is 12.3 Å². The van der Waals surface area contributed by atoms with Crippen LogP contribution in [0.2, 0.25) is 0 Å². The highest BCUT2D eigenvalue weighted by Gasteiger charge is 2.13. The minimum atomic E-state index is -2.27. The van der Waals surface area contributed by atoms with Crippen molar-refractivity contribution in [3.63, 3.8) is 0 Å². The lowest BCUT2D eigenvalue weighted by atomic mass is 9.99. The molecule has 0 N–H and O–H groups in total. The van der Waals surface area contributed by atoms with Crippen molar-refractivity contribution >= 4 is 31.5 Å². The molecule has 1 nitrogen and oxygen atoms in total. The summed E-state index contributed by atoms with van der Waals surface area (Å²) in [4.78, 5) is 4.51. The quantitative estimate of drug-likeness (QED) is 0.318. The molecule has 0 saturated heterocycles. The molecule has 5 aromatic rings. The number of aromatic nitrogens is 1. The highest BCUT2D eigenvalue weighted by Crippen LogP contribution is 2.40.